The number of nitrogens with zero attached hydrogens (tertiary/aromatic N) is 1. The Balaban J connectivity index is 1.72. The number of hydrogen-bond acceptors (Lipinski definition) is 5. The fraction of sp³-hybridized carbons (Fsp3) is 0.409. The van der Waals surface area contributed by atoms with E-state index in [-0.39, 0.29) is 11.4 Å². The van der Waals surface area contributed by atoms with E-state index in [2.05, 4.69) is 10.6 Å². The molecule has 3 rings (SSSR count). The second kappa shape index (κ2) is 10.1. The number of halogens is 1. The molecule has 7 nitrogen and oxygen atoms in total. The topological polar surface area (TPSA) is 87.7 Å². The van der Waals surface area contributed by atoms with Gasteiger partial charge in [0.1, 0.15) is 11.6 Å². The molecule has 2 aromatic carbocycles. The quantitative estimate of drug-likeness (QED) is 0.672. The molecule has 1 saturated heterocycles. The predicted octanol–water partition coefficient (Wildman–Crippen LogP) is 3.76. The Labute approximate surface area is 182 Å². The molecule has 2 N–H and O–H groups in total. The zero-order valence-corrected chi connectivity index (χ0v) is 18.6. The molecule has 1 aliphatic heterocycles. The summed E-state index contributed by atoms with van der Waals surface area (Å²) in [6, 6.07) is 9.02. The van der Waals surface area contributed by atoms with Crippen molar-refractivity contribution in [1.82, 2.24) is 4.31 Å². The van der Waals surface area contributed by atoms with Gasteiger partial charge in [-0.3, -0.25) is 4.79 Å². The number of amides is 1. The average Bonchev–Trinajstić information content (AvgIpc) is 3.05. The molecule has 9 heteroatoms. The highest BCUT2D eigenvalue weighted by molar-refractivity contribution is 7.89. The number of ether oxygens (including phenoxy) is 1. The van der Waals surface area contributed by atoms with Crippen molar-refractivity contribution in [1.29, 1.82) is 0 Å². The van der Waals surface area contributed by atoms with E-state index in [1.807, 2.05) is 0 Å². The first kappa shape index (κ1) is 23.0. The molecule has 0 aliphatic carbocycles. The van der Waals surface area contributed by atoms with Crippen molar-refractivity contribution < 1.29 is 22.3 Å². The summed E-state index contributed by atoms with van der Waals surface area (Å²) in [5, 5.41) is 5.54. The summed E-state index contributed by atoms with van der Waals surface area (Å²) in [5.74, 6) is -0.381. The molecule has 0 atom stereocenters. The summed E-state index contributed by atoms with van der Waals surface area (Å²) in [6.45, 7) is 2.51. The van der Waals surface area contributed by atoms with E-state index >= 15 is 0 Å². The molecule has 31 heavy (non-hydrogen) atoms. The van der Waals surface area contributed by atoms with Gasteiger partial charge in [0, 0.05) is 18.8 Å². The van der Waals surface area contributed by atoms with Gasteiger partial charge in [0.2, 0.25) is 15.9 Å². The molecule has 0 saturated carbocycles. The molecule has 168 valence electrons. The minimum Gasteiger partial charge on any atom is -0.495 e. The maximum absolute atomic E-state index is 13.7. The number of nitrogens with one attached hydrogen (secondary N) is 2. The third-order valence-electron chi connectivity index (χ3n) is 5.27. The molecule has 0 radical (unpaired) electrons. The minimum absolute atomic E-state index is 0.140. The van der Waals surface area contributed by atoms with Crippen molar-refractivity contribution in [2.75, 3.05) is 37.4 Å². The van der Waals surface area contributed by atoms with E-state index < -0.39 is 21.7 Å². The Hall–Kier alpha value is -2.65. The number of carbonyl (C=O) groups excluding carboxylic acids is 1. The van der Waals surface area contributed by atoms with Crippen molar-refractivity contribution in [2.45, 2.75) is 37.5 Å². The Morgan fingerprint density at radius 1 is 1.10 bits per heavy atom. The van der Waals surface area contributed by atoms with Crippen molar-refractivity contribution in [2.24, 2.45) is 0 Å². The number of benzene rings is 2. The Bertz CT molecular complexity index is 1040. The Morgan fingerprint density at radius 2 is 1.81 bits per heavy atom. The molecular formula is C22H28FN3O4S. The van der Waals surface area contributed by atoms with Gasteiger partial charge in [-0.05, 0) is 55.7 Å². The molecule has 1 fully saturated rings. The summed E-state index contributed by atoms with van der Waals surface area (Å²) < 4.78 is 46.6. The highest BCUT2D eigenvalue weighted by Crippen LogP contribution is 2.29. The number of anilines is 2. The molecule has 1 amide bonds. The zero-order chi connectivity index (χ0) is 22.4. The van der Waals surface area contributed by atoms with Crippen LogP contribution in [0, 0.1) is 12.7 Å². The van der Waals surface area contributed by atoms with Crippen LogP contribution in [0.5, 0.6) is 5.75 Å². The van der Waals surface area contributed by atoms with Gasteiger partial charge in [-0.1, -0.05) is 18.9 Å². The van der Waals surface area contributed by atoms with Crippen LogP contribution in [0.3, 0.4) is 0 Å². The first-order valence-corrected chi connectivity index (χ1v) is 11.7. The lowest BCUT2D eigenvalue weighted by Crippen LogP contribution is -2.32. The fourth-order valence-electron chi connectivity index (χ4n) is 3.47. The number of carbonyl (C=O) groups is 1. The van der Waals surface area contributed by atoms with Gasteiger partial charge in [0.05, 0.1) is 24.2 Å². The molecule has 1 aliphatic rings. The smallest absolute Gasteiger partial charge is 0.243 e. The molecule has 0 aromatic heterocycles. The van der Waals surface area contributed by atoms with Crippen molar-refractivity contribution >= 4 is 27.3 Å². The van der Waals surface area contributed by atoms with Crippen LogP contribution in [0.25, 0.3) is 0 Å². The van der Waals surface area contributed by atoms with Gasteiger partial charge in [-0.2, -0.15) is 4.31 Å². The van der Waals surface area contributed by atoms with Crippen LogP contribution in [0.2, 0.25) is 0 Å². The van der Waals surface area contributed by atoms with Gasteiger partial charge >= 0.3 is 0 Å². The van der Waals surface area contributed by atoms with Gasteiger partial charge in [0.25, 0.3) is 0 Å². The summed E-state index contributed by atoms with van der Waals surface area (Å²) in [6.07, 6.45) is 3.75. The number of aryl methyl sites for hydroxylation is 1. The number of methoxy groups -OCH3 is 1. The van der Waals surface area contributed by atoms with Crippen molar-refractivity contribution in [3.8, 4) is 5.75 Å². The van der Waals surface area contributed by atoms with Gasteiger partial charge in [-0.25, -0.2) is 12.8 Å². The van der Waals surface area contributed by atoms with Crippen LogP contribution in [-0.4, -0.2) is 45.4 Å². The third-order valence-corrected chi connectivity index (χ3v) is 7.16. The van der Waals surface area contributed by atoms with E-state index in [1.165, 1.54) is 29.6 Å². The van der Waals surface area contributed by atoms with E-state index in [0.29, 0.717) is 35.8 Å². The maximum atomic E-state index is 13.7. The number of sulfonamides is 1. The Kier molecular flexibility index (Phi) is 7.50. The minimum atomic E-state index is -3.63. The van der Waals surface area contributed by atoms with Gasteiger partial charge in [0.15, 0.2) is 0 Å². The monoisotopic (exact) mass is 449 g/mol. The predicted molar refractivity (Wildman–Crippen MR) is 118 cm³/mol. The number of hydrogen-bond donors (Lipinski definition) is 2. The van der Waals surface area contributed by atoms with Crippen LogP contribution in [-0.2, 0) is 14.8 Å². The first-order valence-electron chi connectivity index (χ1n) is 10.3. The van der Waals surface area contributed by atoms with E-state index in [9.17, 15) is 17.6 Å². The molecule has 2 aromatic rings. The molecule has 1 heterocycles. The first-order chi connectivity index (χ1) is 14.8. The van der Waals surface area contributed by atoms with Crippen molar-refractivity contribution in [3.63, 3.8) is 0 Å². The normalized spacial score (nSPS) is 15.2. The lowest BCUT2D eigenvalue weighted by Gasteiger charge is -2.21. The van der Waals surface area contributed by atoms with Crippen LogP contribution < -0.4 is 15.4 Å². The molecule has 0 bridgehead atoms. The highest BCUT2D eigenvalue weighted by atomic mass is 32.2. The standard InChI is InChI=1S/C22H28FN3O4S/c1-16-7-8-17(13-19(16)23)25-22(27)15-24-20-14-18(9-10-21(20)30-2)31(28,29)26-11-5-3-4-6-12-26/h7-10,13-14,24H,3-6,11-12,15H2,1-2H3,(H,25,27). The Morgan fingerprint density at radius 3 is 2.45 bits per heavy atom. The summed E-state index contributed by atoms with van der Waals surface area (Å²) in [4.78, 5) is 12.4. The third kappa shape index (κ3) is 5.74. The van der Waals surface area contributed by atoms with Crippen LogP contribution in [0.15, 0.2) is 41.3 Å². The van der Waals surface area contributed by atoms with Crippen LogP contribution >= 0.6 is 0 Å². The summed E-state index contributed by atoms with van der Waals surface area (Å²) >= 11 is 0. The van der Waals surface area contributed by atoms with E-state index in [4.69, 9.17) is 4.74 Å². The molecular weight excluding hydrogens is 421 g/mol. The largest absolute Gasteiger partial charge is 0.495 e. The summed E-state index contributed by atoms with van der Waals surface area (Å²) in [5.41, 5.74) is 1.23. The van der Waals surface area contributed by atoms with Crippen molar-refractivity contribution in [3.05, 3.63) is 47.8 Å². The zero-order valence-electron chi connectivity index (χ0n) is 17.8. The molecule has 0 unspecified atom stereocenters. The highest BCUT2D eigenvalue weighted by Gasteiger charge is 2.26. The van der Waals surface area contributed by atoms with Crippen LogP contribution in [0.4, 0.5) is 15.8 Å². The lowest BCUT2D eigenvalue weighted by atomic mass is 10.2. The van der Waals surface area contributed by atoms with Gasteiger partial charge < -0.3 is 15.4 Å². The maximum Gasteiger partial charge on any atom is 0.243 e. The lowest BCUT2D eigenvalue weighted by molar-refractivity contribution is -0.114. The van der Waals surface area contributed by atoms with E-state index in [0.717, 1.165) is 25.7 Å². The second-order valence-corrected chi connectivity index (χ2v) is 9.48. The number of rotatable bonds is 7. The van der Waals surface area contributed by atoms with Crippen LogP contribution in [0.1, 0.15) is 31.2 Å². The van der Waals surface area contributed by atoms with E-state index in [1.54, 1.807) is 25.1 Å². The van der Waals surface area contributed by atoms with Gasteiger partial charge in [-0.15, -0.1) is 0 Å². The summed E-state index contributed by atoms with van der Waals surface area (Å²) in [7, 11) is -2.16. The molecule has 0 spiro atoms. The fourth-order valence-corrected chi connectivity index (χ4v) is 5.01. The SMILES string of the molecule is COc1ccc(S(=O)(=O)N2CCCCCC2)cc1NCC(=O)Nc1ccc(C)c(F)c1. The second-order valence-electron chi connectivity index (χ2n) is 7.55. The average molecular weight is 450 g/mol.